The van der Waals surface area contributed by atoms with Gasteiger partial charge in [-0.3, -0.25) is 0 Å². The molecule has 1 unspecified atom stereocenters. The average Bonchev–Trinajstić information content (AvgIpc) is 2.34. The molecule has 0 aromatic heterocycles. The first-order chi connectivity index (χ1) is 9.02. The van der Waals surface area contributed by atoms with Gasteiger partial charge in [-0.15, -0.1) is 0 Å². The number of hydrogen-bond donors (Lipinski definition) is 3. The lowest BCUT2D eigenvalue weighted by atomic mass is 9.83. The molecule has 3 atom stereocenters. The maximum atomic E-state index is 13.6. The minimum Gasteiger partial charge on any atom is -0.389 e. The van der Waals surface area contributed by atoms with E-state index in [2.05, 4.69) is 15.6 Å². The van der Waals surface area contributed by atoms with Gasteiger partial charge >= 0.3 is 0 Å². The molecule has 1 heterocycles. The van der Waals surface area contributed by atoms with Crippen molar-refractivity contribution < 1.29 is 9.50 Å². The SMILES string of the molecule is CSC[C@@]1(O)CCC[C@H](NC2=NC(Cl)NC=C2F)C1. The third-order valence-corrected chi connectivity index (χ3v) is 4.44. The number of aliphatic hydroxyl groups is 1. The van der Waals surface area contributed by atoms with Crippen LogP contribution in [0.3, 0.4) is 0 Å². The molecule has 1 aliphatic heterocycles. The van der Waals surface area contributed by atoms with E-state index in [4.69, 9.17) is 11.6 Å². The van der Waals surface area contributed by atoms with Crippen LogP contribution >= 0.6 is 23.4 Å². The second-order valence-corrected chi connectivity index (χ2v) is 6.35. The zero-order valence-corrected chi connectivity index (χ0v) is 12.4. The third kappa shape index (κ3) is 4.00. The molecule has 0 bridgehead atoms. The van der Waals surface area contributed by atoms with Gasteiger partial charge in [-0.05, 0) is 31.9 Å². The van der Waals surface area contributed by atoms with Crippen LogP contribution in [0.15, 0.2) is 17.0 Å². The second-order valence-electron chi connectivity index (χ2n) is 5.07. The highest BCUT2D eigenvalue weighted by atomic mass is 35.5. The summed E-state index contributed by atoms with van der Waals surface area (Å²) >= 11 is 7.43. The van der Waals surface area contributed by atoms with Crippen molar-refractivity contribution in [3.8, 4) is 0 Å². The van der Waals surface area contributed by atoms with Crippen LogP contribution in [0, 0.1) is 0 Å². The minimum absolute atomic E-state index is 0.0331. The second kappa shape index (κ2) is 6.33. The molecular formula is C12H19ClFN3OS. The van der Waals surface area contributed by atoms with Gasteiger partial charge in [0.15, 0.2) is 17.3 Å². The van der Waals surface area contributed by atoms with E-state index in [1.165, 1.54) is 6.20 Å². The van der Waals surface area contributed by atoms with Gasteiger partial charge in [-0.1, -0.05) is 11.6 Å². The van der Waals surface area contributed by atoms with E-state index in [1.54, 1.807) is 11.8 Å². The molecule has 4 nitrogen and oxygen atoms in total. The summed E-state index contributed by atoms with van der Waals surface area (Å²) in [5.41, 5.74) is -1.31. The fourth-order valence-corrected chi connectivity index (χ4v) is 3.55. The van der Waals surface area contributed by atoms with Crippen molar-refractivity contribution in [2.24, 2.45) is 4.99 Å². The Bertz CT molecular complexity index is 389. The van der Waals surface area contributed by atoms with Gasteiger partial charge in [-0.25, -0.2) is 9.38 Å². The van der Waals surface area contributed by atoms with Crippen molar-refractivity contribution in [2.75, 3.05) is 12.0 Å². The van der Waals surface area contributed by atoms with Crippen molar-refractivity contribution in [1.82, 2.24) is 10.6 Å². The van der Waals surface area contributed by atoms with Crippen molar-refractivity contribution in [2.45, 2.75) is 43.0 Å². The topological polar surface area (TPSA) is 56.6 Å². The van der Waals surface area contributed by atoms with E-state index in [1.807, 2.05) is 6.26 Å². The molecule has 19 heavy (non-hydrogen) atoms. The van der Waals surface area contributed by atoms with Gasteiger partial charge in [0, 0.05) is 18.0 Å². The van der Waals surface area contributed by atoms with Gasteiger partial charge in [0.05, 0.1) is 5.60 Å². The highest BCUT2D eigenvalue weighted by Crippen LogP contribution is 2.31. The van der Waals surface area contributed by atoms with Gasteiger partial charge in [0.2, 0.25) is 0 Å². The summed E-state index contributed by atoms with van der Waals surface area (Å²) in [5, 5.41) is 16.1. The monoisotopic (exact) mass is 307 g/mol. The highest BCUT2D eigenvalue weighted by molar-refractivity contribution is 7.98. The lowest BCUT2D eigenvalue weighted by molar-refractivity contribution is 0.0175. The molecule has 108 valence electrons. The lowest BCUT2D eigenvalue weighted by Crippen LogP contribution is -2.48. The fourth-order valence-electron chi connectivity index (χ4n) is 2.59. The standard InChI is InChI=1S/C12H19ClFN3OS/c1-19-7-12(18)4-2-3-8(5-12)16-10-9(14)6-15-11(13)17-10/h6,8,11,15,18H,2-5,7H2,1H3,(H,16,17)/t8-,11?,12+/m0/s1. The molecular weight excluding hydrogens is 289 g/mol. The van der Waals surface area contributed by atoms with Crippen molar-refractivity contribution >= 4 is 29.2 Å². The molecule has 0 saturated heterocycles. The predicted molar refractivity (Wildman–Crippen MR) is 78.1 cm³/mol. The number of nitrogens with one attached hydrogen (secondary N) is 2. The van der Waals surface area contributed by atoms with Crippen LogP contribution in [0.1, 0.15) is 25.7 Å². The highest BCUT2D eigenvalue weighted by Gasteiger charge is 2.34. The molecule has 2 rings (SSSR count). The number of nitrogens with zero attached hydrogens (tertiary/aromatic N) is 1. The molecule has 0 spiro atoms. The zero-order chi connectivity index (χ0) is 13.9. The molecule has 1 fully saturated rings. The summed E-state index contributed by atoms with van der Waals surface area (Å²) in [6.07, 6.45) is 6.44. The Morgan fingerprint density at radius 2 is 2.53 bits per heavy atom. The van der Waals surface area contributed by atoms with Crippen LogP contribution in [0.2, 0.25) is 0 Å². The number of thioether (sulfide) groups is 1. The van der Waals surface area contributed by atoms with Gasteiger partial charge in [0.25, 0.3) is 0 Å². The molecule has 2 aliphatic rings. The summed E-state index contributed by atoms with van der Waals surface area (Å²) in [5.74, 6) is 0.434. The van der Waals surface area contributed by atoms with E-state index in [9.17, 15) is 9.50 Å². The first-order valence-electron chi connectivity index (χ1n) is 6.34. The first-order valence-corrected chi connectivity index (χ1v) is 8.17. The number of alkyl halides is 1. The van der Waals surface area contributed by atoms with Crippen LogP contribution in [-0.4, -0.2) is 40.2 Å². The number of aliphatic imine (C=N–C) groups is 1. The van der Waals surface area contributed by atoms with E-state index >= 15 is 0 Å². The van der Waals surface area contributed by atoms with Gasteiger partial charge < -0.3 is 15.7 Å². The molecule has 0 radical (unpaired) electrons. The van der Waals surface area contributed by atoms with Crippen molar-refractivity contribution in [3.05, 3.63) is 12.0 Å². The molecule has 7 heteroatoms. The largest absolute Gasteiger partial charge is 0.389 e. The van der Waals surface area contributed by atoms with Gasteiger partial charge in [0.1, 0.15) is 0 Å². The van der Waals surface area contributed by atoms with E-state index in [0.717, 1.165) is 19.3 Å². The quantitative estimate of drug-likeness (QED) is 0.551. The fraction of sp³-hybridized carbons (Fsp3) is 0.750. The Labute approximate surface area is 121 Å². The van der Waals surface area contributed by atoms with Crippen LogP contribution < -0.4 is 10.6 Å². The Hall–Kier alpha value is -0.460. The number of halogens is 2. The number of amidine groups is 1. The number of hydrogen-bond acceptors (Lipinski definition) is 5. The average molecular weight is 308 g/mol. The predicted octanol–water partition coefficient (Wildman–Crippen LogP) is 1.95. The van der Waals surface area contributed by atoms with Crippen molar-refractivity contribution in [3.63, 3.8) is 0 Å². The van der Waals surface area contributed by atoms with E-state index < -0.39 is 17.1 Å². The summed E-state index contributed by atoms with van der Waals surface area (Å²) in [7, 11) is 0. The summed E-state index contributed by atoms with van der Waals surface area (Å²) in [6, 6.07) is 0.0331. The first kappa shape index (κ1) is 14.9. The summed E-state index contributed by atoms with van der Waals surface area (Å²) in [6.45, 7) is 0. The number of rotatable bonds is 3. The lowest BCUT2D eigenvalue weighted by Gasteiger charge is -2.37. The third-order valence-electron chi connectivity index (χ3n) is 3.39. The normalized spacial score (nSPS) is 35.2. The maximum Gasteiger partial charge on any atom is 0.197 e. The van der Waals surface area contributed by atoms with E-state index in [0.29, 0.717) is 12.2 Å². The Morgan fingerprint density at radius 1 is 1.74 bits per heavy atom. The molecule has 1 saturated carbocycles. The molecule has 0 aromatic rings. The van der Waals surface area contributed by atoms with Crippen LogP contribution in [-0.2, 0) is 0 Å². The molecule has 1 aliphatic carbocycles. The zero-order valence-electron chi connectivity index (χ0n) is 10.8. The minimum atomic E-state index is -0.663. The summed E-state index contributed by atoms with van der Waals surface area (Å²) < 4.78 is 13.6. The smallest absolute Gasteiger partial charge is 0.197 e. The van der Waals surface area contributed by atoms with Crippen molar-refractivity contribution in [1.29, 1.82) is 0 Å². The van der Waals surface area contributed by atoms with Crippen LogP contribution in [0.4, 0.5) is 4.39 Å². The maximum absolute atomic E-state index is 13.6. The van der Waals surface area contributed by atoms with Crippen LogP contribution in [0.25, 0.3) is 0 Å². The Kier molecular flexibility index (Phi) is 4.97. The molecule has 3 N–H and O–H groups in total. The molecule has 0 amide bonds. The Balaban J connectivity index is 1.97. The summed E-state index contributed by atoms with van der Waals surface area (Å²) in [4.78, 5) is 3.98. The molecule has 0 aromatic carbocycles. The van der Waals surface area contributed by atoms with E-state index in [-0.39, 0.29) is 11.9 Å². The van der Waals surface area contributed by atoms with Gasteiger partial charge in [-0.2, -0.15) is 11.8 Å². The van der Waals surface area contributed by atoms with Crippen LogP contribution in [0.5, 0.6) is 0 Å². The Morgan fingerprint density at radius 3 is 3.26 bits per heavy atom.